The minimum absolute atomic E-state index is 0.0348. The summed E-state index contributed by atoms with van der Waals surface area (Å²) >= 11 is 0. The van der Waals surface area contributed by atoms with Gasteiger partial charge in [-0.1, -0.05) is 121 Å². The van der Waals surface area contributed by atoms with Gasteiger partial charge in [0.2, 0.25) is 0 Å². The summed E-state index contributed by atoms with van der Waals surface area (Å²) in [5.74, 6) is 0. The Kier molecular flexibility index (Phi) is 7.39. The SMILES string of the molecule is CC1=C(C2=C(C)C3(C)CP2C(c2ccccc2)=C3c2c(C)cc(C)cc2C)P2CC1(C)C(c1c(C)cc(C)cc1C)=C2c1ccccc1. The molecule has 0 aliphatic carbocycles. The molecule has 4 aromatic carbocycles. The third-order valence-corrected chi connectivity index (χ3v) is 18.5. The Bertz CT molecular complexity index is 1970. The van der Waals surface area contributed by atoms with E-state index in [1.54, 1.807) is 43.5 Å². The highest BCUT2D eigenvalue weighted by atomic mass is 31.1. The average Bonchev–Trinajstić information content (AvgIpc) is 3.68. The monoisotopic (exact) mass is 662 g/mol. The van der Waals surface area contributed by atoms with Crippen LogP contribution in [-0.2, 0) is 0 Å². The number of fused-ring (bicyclic) bond motifs is 4. The number of allylic oxidation sites excluding steroid dienone is 6. The highest BCUT2D eigenvalue weighted by Gasteiger charge is 2.59. The zero-order valence-corrected chi connectivity index (χ0v) is 32.2. The zero-order chi connectivity index (χ0) is 33.9. The van der Waals surface area contributed by atoms with Gasteiger partial charge in [0.1, 0.15) is 0 Å². The lowest BCUT2D eigenvalue weighted by Gasteiger charge is -2.37. The van der Waals surface area contributed by atoms with E-state index in [1.165, 1.54) is 68.0 Å². The Balaban J connectivity index is 1.37. The van der Waals surface area contributed by atoms with Gasteiger partial charge in [0.25, 0.3) is 0 Å². The molecule has 4 atom stereocenters. The lowest BCUT2D eigenvalue weighted by Crippen LogP contribution is -2.21. The van der Waals surface area contributed by atoms with Crippen LogP contribution in [0, 0.1) is 52.4 Å². The molecule has 0 N–H and O–H groups in total. The molecule has 0 nitrogen and oxygen atoms in total. The summed E-state index contributed by atoms with van der Waals surface area (Å²) in [6.45, 7) is 24.1. The smallest absolute Gasteiger partial charge is 0.0198 e. The summed E-state index contributed by atoms with van der Waals surface area (Å²) in [6.07, 6.45) is 2.47. The van der Waals surface area contributed by atoms with Crippen molar-refractivity contribution in [2.45, 2.75) is 69.2 Å². The van der Waals surface area contributed by atoms with Crippen molar-refractivity contribution in [1.82, 2.24) is 0 Å². The molecule has 0 saturated carbocycles. The number of aryl methyl sites for hydroxylation is 6. The Labute approximate surface area is 291 Å². The van der Waals surface area contributed by atoms with Crippen LogP contribution < -0.4 is 0 Å². The standard InChI is InChI=1S/C46H48P2/c1-27-21-29(3)37(30(4)22-27)39-43(35-17-13-11-14-18-35)47-25-45(39,9)33(7)41(47)42-34(8)46(10)26-48(42)44(36-19-15-12-16-20-36)40(46)38-31(5)23-28(2)24-32(38)6/h11-24H,25-26H2,1-10H3. The molecular formula is C46H48P2. The van der Waals surface area contributed by atoms with Gasteiger partial charge in [-0.3, -0.25) is 0 Å². The minimum atomic E-state index is -0.505. The quantitative estimate of drug-likeness (QED) is 0.187. The van der Waals surface area contributed by atoms with Gasteiger partial charge in [-0.25, -0.2) is 0 Å². The predicted molar refractivity (Wildman–Crippen MR) is 213 cm³/mol. The zero-order valence-electron chi connectivity index (χ0n) is 30.4. The molecule has 242 valence electrons. The molecule has 0 spiro atoms. The van der Waals surface area contributed by atoms with E-state index in [-0.39, 0.29) is 10.8 Å². The van der Waals surface area contributed by atoms with E-state index in [1.807, 2.05) is 0 Å². The van der Waals surface area contributed by atoms with E-state index in [0.29, 0.717) is 0 Å². The third kappa shape index (κ3) is 4.35. The Morgan fingerprint density at radius 1 is 0.438 bits per heavy atom. The van der Waals surface area contributed by atoms with Crippen LogP contribution in [0.1, 0.15) is 83.3 Å². The molecule has 0 fully saturated rings. The van der Waals surface area contributed by atoms with E-state index in [0.717, 1.165) is 0 Å². The maximum atomic E-state index is 2.59. The fraction of sp³-hybridized carbons (Fsp3) is 0.304. The first-order valence-corrected chi connectivity index (χ1v) is 20.7. The largest absolute Gasteiger partial charge is 0.0622 e. The number of hydrogen-bond acceptors (Lipinski definition) is 0. The van der Waals surface area contributed by atoms with E-state index in [4.69, 9.17) is 0 Å². The van der Waals surface area contributed by atoms with E-state index in [2.05, 4.69) is 154 Å². The maximum absolute atomic E-state index is 2.59. The summed E-state index contributed by atoms with van der Waals surface area (Å²) in [6, 6.07) is 32.5. The summed E-state index contributed by atoms with van der Waals surface area (Å²) in [5.41, 5.74) is 20.8. The molecule has 4 heterocycles. The summed E-state index contributed by atoms with van der Waals surface area (Å²) in [7, 11) is -1.01. The van der Waals surface area contributed by atoms with Crippen LogP contribution in [0.2, 0.25) is 0 Å². The second-order valence-corrected chi connectivity index (χ2v) is 19.6. The molecule has 0 amide bonds. The van der Waals surface area contributed by atoms with Crippen LogP contribution in [0.5, 0.6) is 0 Å². The molecule has 4 aliphatic rings. The number of benzene rings is 4. The van der Waals surface area contributed by atoms with Crippen molar-refractivity contribution >= 4 is 37.6 Å². The normalized spacial score (nSPS) is 26.2. The van der Waals surface area contributed by atoms with Crippen LogP contribution in [0.25, 0.3) is 21.8 Å². The molecular weight excluding hydrogens is 614 g/mol. The van der Waals surface area contributed by atoms with Crippen LogP contribution in [0.15, 0.2) is 107 Å². The van der Waals surface area contributed by atoms with Crippen molar-refractivity contribution < 1.29 is 0 Å². The predicted octanol–water partition coefficient (Wildman–Crippen LogP) is 13.6. The maximum Gasteiger partial charge on any atom is 0.0198 e. The van der Waals surface area contributed by atoms with Gasteiger partial charge in [0.05, 0.1) is 0 Å². The van der Waals surface area contributed by atoms with E-state index in [9.17, 15) is 0 Å². The molecule has 0 aromatic heterocycles. The van der Waals surface area contributed by atoms with Crippen LogP contribution in [0.3, 0.4) is 0 Å². The lowest BCUT2D eigenvalue weighted by molar-refractivity contribution is 0.622. The average molecular weight is 663 g/mol. The molecule has 0 saturated heterocycles. The first kappa shape index (κ1) is 31.9. The first-order valence-electron chi connectivity index (χ1n) is 17.6. The Morgan fingerprint density at radius 2 is 0.750 bits per heavy atom. The molecule has 2 heteroatoms. The lowest BCUT2D eigenvalue weighted by atomic mass is 9.70. The van der Waals surface area contributed by atoms with Crippen LogP contribution >= 0.6 is 15.8 Å². The topological polar surface area (TPSA) is 0 Å². The van der Waals surface area contributed by atoms with Crippen molar-refractivity contribution in [1.29, 1.82) is 0 Å². The molecule has 0 radical (unpaired) electrons. The summed E-state index contributed by atoms with van der Waals surface area (Å²) in [4.78, 5) is 0. The molecule has 8 rings (SSSR count). The second kappa shape index (κ2) is 11.1. The summed E-state index contributed by atoms with van der Waals surface area (Å²) < 4.78 is 0. The molecule has 4 aromatic rings. The van der Waals surface area contributed by atoms with Gasteiger partial charge >= 0.3 is 0 Å². The molecule has 4 bridgehead atoms. The van der Waals surface area contributed by atoms with Gasteiger partial charge in [-0.15, -0.1) is 0 Å². The van der Waals surface area contributed by atoms with Crippen molar-refractivity contribution in [3.8, 4) is 0 Å². The highest BCUT2D eigenvalue weighted by Crippen LogP contribution is 2.87. The van der Waals surface area contributed by atoms with Crippen molar-refractivity contribution in [2.75, 3.05) is 12.3 Å². The number of rotatable bonds is 5. The molecule has 4 aliphatic heterocycles. The van der Waals surface area contributed by atoms with E-state index < -0.39 is 15.8 Å². The van der Waals surface area contributed by atoms with Gasteiger partial charge in [-0.05, 0) is 160 Å². The van der Waals surface area contributed by atoms with Gasteiger partial charge in [-0.2, -0.15) is 0 Å². The minimum Gasteiger partial charge on any atom is -0.0622 e. The van der Waals surface area contributed by atoms with Gasteiger partial charge in [0.15, 0.2) is 0 Å². The Morgan fingerprint density at radius 3 is 1.06 bits per heavy atom. The van der Waals surface area contributed by atoms with Gasteiger partial charge in [0, 0.05) is 10.8 Å². The van der Waals surface area contributed by atoms with Crippen LogP contribution in [-0.4, -0.2) is 12.3 Å². The van der Waals surface area contributed by atoms with Crippen molar-refractivity contribution in [3.05, 3.63) is 162 Å². The van der Waals surface area contributed by atoms with Crippen molar-refractivity contribution in [3.63, 3.8) is 0 Å². The van der Waals surface area contributed by atoms with Crippen molar-refractivity contribution in [2.24, 2.45) is 10.8 Å². The van der Waals surface area contributed by atoms with Gasteiger partial charge < -0.3 is 0 Å². The third-order valence-electron chi connectivity index (χ3n) is 12.1. The first-order chi connectivity index (χ1) is 22.9. The Hall–Kier alpha value is -3.30. The fourth-order valence-electron chi connectivity index (χ4n) is 10.0. The molecule has 4 unspecified atom stereocenters. The van der Waals surface area contributed by atoms with E-state index >= 15 is 0 Å². The number of hydrogen-bond donors (Lipinski definition) is 0. The summed E-state index contributed by atoms with van der Waals surface area (Å²) in [5, 5.41) is 6.78. The molecule has 48 heavy (non-hydrogen) atoms. The highest BCUT2D eigenvalue weighted by molar-refractivity contribution is 7.79. The fourth-order valence-corrected chi connectivity index (χ4v) is 18.2. The second-order valence-electron chi connectivity index (χ2n) is 15.5. The van der Waals surface area contributed by atoms with Crippen LogP contribution in [0.4, 0.5) is 0 Å².